The van der Waals surface area contributed by atoms with Crippen LogP contribution >= 0.6 is 0 Å². The Bertz CT molecular complexity index is 801. The van der Waals surface area contributed by atoms with Crippen LogP contribution in [0, 0.1) is 20.8 Å². The maximum Gasteiger partial charge on any atom is 0.288 e. The van der Waals surface area contributed by atoms with Gasteiger partial charge >= 0.3 is 0 Å². The number of nitrogens with zero attached hydrogens (tertiary/aromatic N) is 3. The van der Waals surface area contributed by atoms with E-state index in [4.69, 9.17) is 4.42 Å². The first-order valence-corrected chi connectivity index (χ1v) is 9.03. The van der Waals surface area contributed by atoms with Crippen LogP contribution in [0.4, 0.5) is 5.82 Å². The quantitative estimate of drug-likeness (QED) is 0.854. The third kappa shape index (κ3) is 3.72. The molecule has 1 aliphatic heterocycles. The molecule has 1 unspecified atom stereocenters. The Balaban J connectivity index is 1.72. The smallest absolute Gasteiger partial charge is 0.288 e. The van der Waals surface area contributed by atoms with Crippen LogP contribution in [0.2, 0.25) is 0 Å². The van der Waals surface area contributed by atoms with Crippen molar-refractivity contribution in [1.29, 1.82) is 0 Å². The molecule has 0 aliphatic carbocycles. The second-order valence-electron chi connectivity index (χ2n) is 6.93. The van der Waals surface area contributed by atoms with E-state index in [1.54, 1.807) is 7.05 Å². The zero-order valence-corrected chi connectivity index (χ0v) is 16.1. The summed E-state index contributed by atoms with van der Waals surface area (Å²) in [6.07, 6.45) is 1.02. The zero-order chi connectivity index (χ0) is 18.8. The summed E-state index contributed by atoms with van der Waals surface area (Å²) in [6, 6.07) is 4.51. The second-order valence-corrected chi connectivity index (χ2v) is 6.93. The lowest BCUT2D eigenvalue weighted by atomic mass is 10.2. The van der Waals surface area contributed by atoms with Crippen molar-refractivity contribution in [3.05, 3.63) is 40.7 Å². The van der Waals surface area contributed by atoms with Gasteiger partial charge in [-0.3, -0.25) is 4.79 Å². The highest BCUT2D eigenvalue weighted by atomic mass is 16.3. The fraction of sp³-hybridized carbons (Fsp3) is 0.526. The van der Waals surface area contributed by atoms with E-state index in [0.29, 0.717) is 6.04 Å². The van der Waals surface area contributed by atoms with Gasteiger partial charge in [0.1, 0.15) is 17.3 Å². The molecule has 1 saturated heterocycles. The van der Waals surface area contributed by atoms with Crippen LogP contribution < -0.4 is 15.5 Å². The van der Waals surface area contributed by atoms with Crippen LogP contribution in [0.5, 0.6) is 0 Å². The van der Waals surface area contributed by atoms with Gasteiger partial charge in [0, 0.05) is 37.4 Å². The molecule has 2 atom stereocenters. The number of nitrogens with one attached hydrogen (secondary N) is 2. The standard InChI is InChI=1S/C19H27N5O2/c1-11-6-7-16(26-11)14(4)21-15-8-9-24(10-15)18-12(2)13(3)22-17(23-18)19(25)20-5/h6-7,14-15,21H,8-10H2,1-5H3,(H,20,25)/t14?,15-/m1/s1. The minimum absolute atomic E-state index is 0.156. The van der Waals surface area contributed by atoms with Crippen LogP contribution in [-0.4, -0.2) is 42.1 Å². The van der Waals surface area contributed by atoms with Crippen molar-refractivity contribution in [2.24, 2.45) is 0 Å². The molecule has 0 spiro atoms. The average Bonchev–Trinajstić information content (AvgIpc) is 3.25. The van der Waals surface area contributed by atoms with Crippen molar-refractivity contribution in [2.75, 3.05) is 25.0 Å². The van der Waals surface area contributed by atoms with Crippen molar-refractivity contribution in [3.63, 3.8) is 0 Å². The van der Waals surface area contributed by atoms with Gasteiger partial charge in [-0.1, -0.05) is 0 Å². The number of carbonyl (C=O) groups is 1. The van der Waals surface area contributed by atoms with Crippen molar-refractivity contribution in [3.8, 4) is 0 Å². The van der Waals surface area contributed by atoms with Gasteiger partial charge in [-0.05, 0) is 46.2 Å². The maximum absolute atomic E-state index is 11.9. The Labute approximate surface area is 154 Å². The van der Waals surface area contributed by atoms with Crippen LogP contribution in [0.15, 0.2) is 16.5 Å². The molecule has 2 N–H and O–H groups in total. The first-order valence-electron chi connectivity index (χ1n) is 9.03. The molecule has 2 aromatic heterocycles. The van der Waals surface area contributed by atoms with Crippen molar-refractivity contribution in [2.45, 2.75) is 46.2 Å². The minimum Gasteiger partial charge on any atom is -0.465 e. The van der Waals surface area contributed by atoms with E-state index in [1.165, 1.54) is 0 Å². The van der Waals surface area contributed by atoms with Gasteiger partial charge in [0.15, 0.2) is 0 Å². The topological polar surface area (TPSA) is 83.3 Å². The summed E-state index contributed by atoms with van der Waals surface area (Å²) in [4.78, 5) is 23.0. The van der Waals surface area contributed by atoms with Crippen molar-refractivity contribution < 1.29 is 9.21 Å². The lowest BCUT2D eigenvalue weighted by molar-refractivity contribution is 0.0952. The van der Waals surface area contributed by atoms with Gasteiger partial charge in [0.2, 0.25) is 5.82 Å². The highest BCUT2D eigenvalue weighted by molar-refractivity contribution is 5.90. The lowest BCUT2D eigenvalue weighted by Gasteiger charge is -2.22. The fourth-order valence-electron chi connectivity index (χ4n) is 3.35. The van der Waals surface area contributed by atoms with E-state index in [9.17, 15) is 4.79 Å². The fourth-order valence-corrected chi connectivity index (χ4v) is 3.35. The van der Waals surface area contributed by atoms with Gasteiger partial charge in [0.05, 0.1) is 6.04 Å². The van der Waals surface area contributed by atoms with Gasteiger partial charge in [-0.25, -0.2) is 9.97 Å². The minimum atomic E-state index is -0.259. The number of carbonyl (C=O) groups excluding carboxylic acids is 1. The van der Waals surface area contributed by atoms with E-state index in [0.717, 1.165) is 48.1 Å². The number of aryl methyl sites for hydroxylation is 2. The van der Waals surface area contributed by atoms with Crippen LogP contribution in [-0.2, 0) is 0 Å². The molecule has 140 valence electrons. The number of aromatic nitrogens is 2. The summed E-state index contributed by atoms with van der Waals surface area (Å²) in [6.45, 7) is 9.73. The Morgan fingerprint density at radius 3 is 2.73 bits per heavy atom. The molecule has 3 heterocycles. The largest absolute Gasteiger partial charge is 0.465 e. The second kappa shape index (κ2) is 7.45. The molecule has 1 fully saturated rings. The predicted octanol–water partition coefficient (Wildman–Crippen LogP) is 2.28. The highest BCUT2D eigenvalue weighted by Gasteiger charge is 2.28. The van der Waals surface area contributed by atoms with Crippen LogP contribution in [0.25, 0.3) is 0 Å². The van der Waals surface area contributed by atoms with Gasteiger partial charge in [-0.2, -0.15) is 0 Å². The van der Waals surface area contributed by atoms with E-state index in [1.807, 2.05) is 32.9 Å². The number of hydrogen-bond acceptors (Lipinski definition) is 6. The van der Waals surface area contributed by atoms with E-state index >= 15 is 0 Å². The molecular weight excluding hydrogens is 330 g/mol. The van der Waals surface area contributed by atoms with Crippen molar-refractivity contribution >= 4 is 11.7 Å². The number of hydrogen-bond donors (Lipinski definition) is 2. The molecule has 0 bridgehead atoms. The third-order valence-electron chi connectivity index (χ3n) is 4.96. The molecule has 0 radical (unpaired) electrons. The van der Waals surface area contributed by atoms with Gasteiger partial charge in [-0.15, -0.1) is 0 Å². The van der Waals surface area contributed by atoms with Crippen molar-refractivity contribution in [1.82, 2.24) is 20.6 Å². The summed E-state index contributed by atoms with van der Waals surface area (Å²) in [7, 11) is 1.59. The van der Waals surface area contributed by atoms with Crippen LogP contribution in [0.1, 0.15) is 52.8 Å². The first kappa shape index (κ1) is 18.4. The average molecular weight is 357 g/mol. The highest BCUT2D eigenvalue weighted by Crippen LogP contribution is 2.25. The Morgan fingerprint density at radius 1 is 1.31 bits per heavy atom. The SMILES string of the molecule is CNC(=O)c1nc(C)c(C)c(N2CC[C@@H](NC(C)c3ccc(C)o3)C2)n1. The number of amides is 1. The molecule has 1 aliphatic rings. The van der Waals surface area contributed by atoms with Gasteiger partial charge in [0.25, 0.3) is 5.91 Å². The molecule has 7 nitrogen and oxygen atoms in total. The van der Waals surface area contributed by atoms with Crippen LogP contribution in [0.3, 0.4) is 0 Å². The summed E-state index contributed by atoms with van der Waals surface area (Å²) in [5.41, 5.74) is 1.86. The number of furan rings is 1. The third-order valence-corrected chi connectivity index (χ3v) is 4.96. The van der Waals surface area contributed by atoms with E-state index in [-0.39, 0.29) is 17.8 Å². The van der Waals surface area contributed by atoms with E-state index < -0.39 is 0 Å². The molecule has 1 amide bonds. The summed E-state index contributed by atoms with van der Waals surface area (Å²) in [5, 5.41) is 6.23. The first-order chi connectivity index (χ1) is 12.4. The van der Waals surface area contributed by atoms with Gasteiger partial charge < -0.3 is 20.0 Å². The summed E-state index contributed by atoms with van der Waals surface area (Å²) in [5.74, 6) is 2.70. The normalized spacial score (nSPS) is 18.2. The number of rotatable bonds is 5. The molecule has 0 saturated carbocycles. The maximum atomic E-state index is 11.9. The molecule has 7 heteroatoms. The zero-order valence-electron chi connectivity index (χ0n) is 16.1. The Morgan fingerprint density at radius 2 is 2.08 bits per heavy atom. The molecule has 3 rings (SSSR count). The Hall–Kier alpha value is -2.41. The molecule has 0 aromatic carbocycles. The number of anilines is 1. The Kier molecular flexibility index (Phi) is 5.27. The monoisotopic (exact) mass is 357 g/mol. The molecule has 2 aromatic rings. The van der Waals surface area contributed by atoms with E-state index in [2.05, 4.69) is 32.4 Å². The molecule has 26 heavy (non-hydrogen) atoms. The lowest BCUT2D eigenvalue weighted by Crippen LogP contribution is -2.35. The molecular formula is C19H27N5O2. The predicted molar refractivity (Wildman–Crippen MR) is 101 cm³/mol. The summed E-state index contributed by atoms with van der Waals surface area (Å²) < 4.78 is 5.72. The summed E-state index contributed by atoms with van der Waals surface area (Å²) >= 11 is 0.